The van der Waals surface area contributed by atoms with Gasteiger partial charge in [0.25, 0.3) is 0 Å². The van der Waals surface area contributed by atoms with Crippen molar-refractivity contribution in [3.8, 4) is 6.07 Å². The van der Waals surface area contributed by atoms with Crippen molar-refractivity contribution >= 4 is 22.2 Å². The first kappa shape index (κ1) is 8.66. The van der Waals surface area contributed by atoms with E-state index in [0.29, 0.717) is 10.0 Å². The second-order valence-electron chi connectivity index (χ2n) is 2.50. The van der Waals surface area contributed by atoms with Crippen LogP contribution in [0.1, 0.15) is 4.88 Å². The molecule has 2 heterocycles. The number of hydrogen-bond donors (Lipinski definition) is 1. The van der Waals surface area contributed by atoms with Crippen molar-refractivity contribution < 1.29 is 0 Å². The number of pyridine rings is 1. The molecule has 1 N–H and O–H groups in total. The van der Waals surface area contributed by atoms with Crippen LogP contribution >= 0.6 is 11.3 Å². The highest BCUT2D eigenvalue weighted by Crippen LogP contribution is 2.20. The highest BCUT2D eigenvalue weighted by atomic mass is 32.1. The van der Waals surface area contributed by atoms with E-state index in [1.165, 1.54) is 11.3 Å². The van der Waals surface area contributed by atoms with Crippen molar-refractivity contribution in [2.45, 2.75) is 0 Å². The summed E-state index contributed by atoms with van der Waals surface area (Å²) in [4.78, 5) is 8.54. The fourth-order valence-corrected chi connectivity index (χ4v) is 1.58. The number of aromatic nitrogens is 2. The molecule has 0 spiro atoms. The number of anilines is 2. The fourth-order valence-electron chi connectivity index (χ4n) is 0.942. The Kier molecular flexibility index (Phi) is 2.38. The summed E-state index contributed by atoms with van der Waals surface area (Å²) in [6.07, 6.45) is 4.94. The number of nitrogens with one attached hydrogen (secondary N) is 1. The number of thiazole rings is 1. The molecule has 0 bridgehead atoms. The largest absolute Gasteiger partial charge is 0.331 e. The molecule has 0 aliphatic rings. The smallest absolute Gasteiger partial charge is 0.188 e. The van der Waals surface area contributed by atoms with Crippen molar-refractivity contribution in [3.63, 3.8) is 0 Å². The number of nitrogens with zero attached hydrogens (tertiary/aromatic N) is 3. The molecule has 0 aliphatic carbocycles. The van der Waals surface area contributed by atoms with E-state index < -0.39 is 0 Å². The lowest BCUT2D eigenvalue weighted by atomic mass is 10.4. The maximum absolute atomic E-state index is 8.60. The van der Waals surface area contributed by atoms with Crippen LogP contribution in [0.5, 0.6) is 0 Å². The lowest BCUT2D eigenvalue weighted by Crippen LogP contribution is -1.87. The van der Waals surface area contributed by atoms with E-state index >= 15 is 0 Å². The van der Waals surface area contributed by atoms with Gasteiger partial charge in [-0.15, -0.1) is 0 Å². The van der Waals surface area contributed by atoms with Crippen LogP contribution in [-0.2, 0) is 0 Å². The molecule has 0 saturated carbocycles. The van der Waals surface area contributed by atoms with Gasteiger partial charge in [0.1, 0.15) is 10.9 Å². The van der Waals surface area contributed by atoms with Gasteiger partial charge in [0.15, 0.2) is 5.13 Å². The Labute approximate surface area is 84.9 Å². The third kappa shape index (κ3) is 1.87. The summed E-state index contributed by atoms with van der Waals surface area (Å²) in [5, 5.41) is 12.4. The summed E-state index contributed by atoms with van der Waals surface area (Å²) < 4.78 is 0. The van der Waals surface area contributed by atoms with E-state index in [1.54, 1.807) is 18.6 Å². The second kappa shape index (κ2) is 3.85. The van der Waals surface area contributed by atoms with Gasteiger partial charge in [-0.05, 0) is 12.1 Å². The Bertz CT molecular complexity index is 457. The first-order valence-corrected chi connectivity index (χ1v) is 4.73. The van der Waals surface area contributed by atoms with Crippen LogP contribution in [0.2, 0.25) is 0 Å². The summed E-state index contributed by atoms with van der Waals surface area (Å²) in [7, 11) is 0. The Morgan fingerprint density at radius 3 is 2.79 bits per heavy atom. The number of hydrogen-bond acceptors (Lipinski definition) is 5. The van der Waals surface area contributed by atoms with Gasteiger partial charge in [0.05, 0.1) is 6.20 Å². The maximum atomic E-state index is 8.60. The standard InChI is InChI=1S/C9H6N4S/c10-5-8-6-12-9(14-8)13-7-1-3-11-4-2-7/h1-4,6H,(H,11,12,13). The highest BCUT2D eigenvalue weighted by Gasteiger charge is 2.00. The summed E-state index contributed by atoms with van der Waals surface area (Å²) in [5.41, 5.74) is 0.916. The van der Waals surface area contributed by atoms with E-state index in [9.17, 15) is 0 Å². The monoisotopic (exact) mass is 202 g/mol. The zero-order valence-corrected chi connectivity index (χ0v) is 7.95. The molecule has 4 nitrogen and oxygen atoms in total. The zero-order chi connectivity index (χ0) is 9.80. The molecular weight excluding hydrogens is 196 g/mol. The number of rotatable bonds is 2. The molecule has 14 heavy (non-hydrogen) atoms. The lowest BCUT2D eigenvalue weighted by Gasteiger charge is -1.99. The van der Waals surface area contributed by atoms with Crippen LogP contribution in [-0.4, -0.2) is 9.97 Å². The first-order valence-electron chi connectivity index (χ1n) is 3.91. The average molecular weight is 202 g/mol. The van der Waals surface area contributed by atoms with E-state index in [2.05, 4.69) is 15.3 Å². The molecule has 0 aromatic carbocycles. The quantitative estimate of drug-likeness (QED) is 0.810. The summed E-state index contributed by atoms with van der Waals surface area (Å²) in [5.74, 6) is 0. The van der Waals surface area contributed by atoms with E-state index in [-0.39, 0.29) is 0 Å². The van der Waals surface area contributed by atoms with Crippen LogP contribution in [0.15, 0.2) is 30.7 Å². The molecule has 2 rings (SSSR count). The molecule has 0 saturated heterocycles. The molecule has 2 aromatic heterocycles. The molecule has 0 unspecified atom stereocenters. The maximum Gasteiger partial charge on any atom is 0.188 e. The molecule has 68 valence electrons. The second-order valence-corrected chi connectivity index (χ2v) is 3.53. The molecular formula is C9H6N4S. The van der Waals surface area contributed by atoms with Crippen LogP contribution in [0.4, 0.5) is 10.8 Å². The Hall–Kier alpha value is -1.93. The van der Waals surface area contributed by atoms with E-state index in [1.807, 2.05) is 18.2 Å². The first-order chi connectivity index (χ1) is 6.88. The van der Waals surface area contributed by atoms with Gasteiger partial charge in [-0.2, -0.15) is 5.26 Å². The third-order valence-electron chi connectivity index (χ3n) is 1.55. The van der Waals surface area contributed by atoms with Crippen molar-refractivity contribution in [1.82, 2.24) is 9.97 Å². The summed E-state index contributed by atoms with van der Waals surface area (Å²) in [6, 6.07) is 5.72. The Morgan fingerprint density at radius 2 is 2.14 bits per heavy atom. The van der Waals surface area contributed by atoms with Gasteiger partial charge in [0.2, 0.25) is 0 Å². The molecule has 0 radical (unpaired) electrons. The van der Waals surface area contributed by atoms with Gasteiger partial charge in [0, 0.05) is 18.1 Å². The topological polar surface area (TPSA) is 61.6 Å². The fraction of sp³-hybridized carbons (Fsp3) is 0. The highest BCUT2D eigenvalue weighted by molar-refractivity contribution is 7.16. The van der Waals surface area contributed by atoms with Crippen LogP contribution < -0.4 is 5.32 Å². The van der Waals surface area contributed by atoms with Crippen molar-refractivity contribution in [3.05, 3.63) is 35.6 Å². The molecule has 0 amide bonds. The minimum atomic E-state index is 0.599. The predicted octanol–water partition coefficient (Wildman–Crippen LogP) is 2.15. The molecule has 0 fully saturated rings. The zero-order valence-electron chi connectivity index (χ0n) is 7.14. The molecule has 0 aliphatic heterocycles. The van der Waals surface area contributed by atoms with Crippen LogP contribution in [0.25, 0.3) is 0 Å². The van der Waals surface area contributed by atoms with Crippen molar-refractivity contribution in [1.29, 1.82) is 5.26 Å². The van der Waals surface area contributed by atoms with Crippen LogP contribution in [0, 0.1) is 11.3 Å². The van der Waals surface area contributed by atoms with E-state index in [0.717, 1.165) is 5.69 Å². The normalized spacial score (nSPS) is 9.36. The predicted molar refractivity (Wildman–Crippen MR) is 54.3 cm³/mol. The summed E-state index contributed by atoms with van der Waals surface area (Å²) in [6.45, 7) is 0. The van der Waals surface area contributed by atoms with Gasteiger partial charge in [-0.1, -0.05) is 11.3 Å². The van der Waals surface area contributed by atoms with Crippen LogP contribution in [0.3, 0.4) is 0 Å². The third-order valence-corrected chi connectivity index (χ3v) is 2.36. The van der Waals surface area contributed by atoms with Gasteiger partial charge in [-0.25, -0.2) is 4.98 Å². The minimum Gasteiger partial charge on any atom is -0.331 e. The van der Waals surface area contributed by atoms with Gasteiger partial charge in [-0.3, -0.25) is 4.98 Å². The SMILES string of the molecule is N#Cc1cnc(Nc2ccncc2)s1. The lowest BCUT2D eigenvalue weighted by molar-refractivity contribution is 1.31. The van der Waals surface area contributed by atoms with Crippen molar-refractivity contribution in [2.75, 3.05) is 5.32 Å². The van der Waals surface area contributed by atoms with Gasteiger partial charge < -0.3 is 5.32 Å². The molecule has 5 heteroatoms. The summed E-state index contributed by atoms with van der Waals surface area (Å²) >= 11 is 1.32. The minimum absolute atomic E-state index is 0.599. The molecule has 2 aromatic rings. The average Bonchev–Trinajstić information content (AvgIpc) is 2.67. The number of nitriles is 1. The van der Waals surface area contributed by atoms with Gasteiger partial charge >= 0.3 is 0 Å². The van der Waals surface area contributed by atoms with E-state index in [4.69, 9.17) is 5.26 Å². The van der Waals surface area contributed by atoms with Crippen molar-refractivity contribution in [2.24, 2.45) is 0 Å². The molecule has 0 atom stereocenters. The Balaban J connectivity index is 2.16. The Morgan fingerprint density at radius 1 is 1.36 bits per heavy atom.